The zero-order valence-electron chi connectivity index (χ0n) is 8.99. The van der Waals surface area contributed by atoms with Crippen molar-refractivity contribution in [1.29, 1.82) is 0 Å². The van der Waals surface area contributed by atoms with Crippen LogP contribution in [0.15, 0.2) is 0 Å². The molecule has 1 saturated heterocycles. The van der Waals surface area contributed by atoms with Crippen LogP contribution >= 0.6 is 0 Å². The Morgan fingerprint density at radius 1 is 1.60 bits per heavy atom. The van der Waals surface area contributed by atoms with Crippen molar-refractivity contribution in [3.05, 3.63) is 0 Å². The summed E-state index contributed by atoms with van der Waals surface area (Å²) >= 11 is 0. The maximum atomic E-state index is 11.5. The van der Waals surface area contributed by atoms with Crippen LogP contribution in [0.2, 0.25) is 0 Å². The van der Waals surface area contributed by atoms with Crippen LogP contribution in [-0.2, 0) is 14.3 Å². The molecule has 1 rings (SSSR count). The Morgan fingerprint density at radius 2 is 2.33 bits per heavy atom. The number of hydrogen-bond acceptors (Lipinski definition) is 4. The topological polar surface area (TPSA) is 67.9 Å². The smallest absolute Gasteiger partial charge is 0.325 e. The first-order chi connectivity index (χ1) is 7.13. The van der Waals surface area contributed by atoms with E-state index in [0.717, 1.165) is 6.42 Å². The number of likely N-dealkylation sites (N-methyl/N-ethyl adjacent to an activating group) is 1. The van der Waals surface area contributed by atoms with Gasteiger partial charge >= 0.3 is 12.0 Å². The molecule has 2 amide bonds. The van der Waals surface area contributed by atoms with Crippen molar-refractivity contribution in [3.8, 4) is 0 Å². The van der Waals surface area contributed by atoms with E-state index in [1.54, 1.807) is 7.05 Å². The van der Waals surface area contributed by atoms with Gasteiger partial charge in [0.1, 0.15) is 6.54 Å². The van der Waals surface area contributed by atoms with Gasteiger partial charge in [-0.1, -0.05) is 0 Å². The van der Waals surface area contributed by atoms with E-state index in [0.29, 0.717) is 13.2 Å². The molecular weight excluding hydrogens is 200 g/mol. The van der Waals surface area contributed by atoms with Crippen molar-refractivity contribution in [2.45, 2.75) is 12.5 Å². The zero-order chi connectivity index (χ0) is 11.3. The zero-order valence-corrected chi connectivity index (χ0v) is 8.99. The highest BCUT2D eigenvalue weighted by Crippen LogP contribution is 2.03. The van der Waals surface area contributed by atoms with Gasteiger partial charge in [-0.3, -0.25) is 4.79 Å². The predicted molar refractivity (Wildman–Crippen MR) is 52.4 cm³/mol. The third-order valence-corrected chi connectivity index (χ3v) is 2.20. The summed E-state index contributed by atoms with van der Waals surface area (Å²) in [5.41, 5.74) is 0. The Kier molecular flexibility index (Phi) is 4.36. The lowest BCUT2D eigenvalue weighted by Crippen LogP contribution is -2.45. The highest BCUT2D eigenvalue weighted by Gasteiger charge is 2.20. The standard InChI is InChI=1S/C9H16N2O4/c1-11(5-8(12)14-2)9(13)10-7-3-4-15-6-7/h7H,3-6H2,1-2H3,(H,10,13). The average Bonchev–Trinajstić information content (AvgIpc) is 2.70. The quantitative estimate of drug-likeness (QED) is 0.651. The van der Waals surface area contributed by atoms with E-state index in [1.165, 1.54) is 12.0 Å². The van der Waals surface area contributed by atoms with Crippen LogP contribution in [0, 0.1) is 0 Å². The predicted octanol–water partition coefficient (Wildman–Crippen LogP) is -0.410. The molecule has 1 unspecified atom stereocenters. The fourth-order valence-electron chi connectivity index (χ4n) is 1.26. The molecule has 1 fully saturated rings. The molecule has 6 nitrogen and oxygen atoms in total. The normalized spacial score (nSPS) is 19.7. The van der Waals surface area contributed by atoms with Gasteiger partial charge in [-0.2, -0.15) is 0 Å². The minimum Gasteiger partial charge on any atom is -0.468 e. The number of methoxy groups -OCH3 is 1. The third kappa shape index (κ3) is 3.75. The van der Waals surface area contributed by atoms with E-state index in [9.17, 15) is 9.59 Å². The summed E-state index contributed by atoms with van der Waals surface area (Å²) in [6.07, 6.45) is 0.817. The molecule has 0 aliphatic carbocycles. The van der Waals surface area contributed by atoms with Crippen LogP contribution in [0.25, 0.3) is 0 Å². The second-order valence-electron chi connectivity index (χ2n) is 3.44. The molecule has 1 N–H and O–H groups in total. The molecule has 1 aliphatic rings. The lowest BCUT2D eigenvalue weighted by molar-refractivity contribution is -0.141. The van der Waals surface area contributed by atoms with Gasteiger partial charge in [0.25, 0.3) is 0 Å². The fourth-order valence-corrected chi connectivity index (χ4v) is 1.26. The van der Waals surface area contributed by atoms with Gasteiger partial charge in [0.2, 0.25) is 0 Å². The van der Waals surface area contributed by atoms with Crippen LogP contribution < -0.4 is 5.32 Å². The number of carbonyl (C=O) groups is 2. The fraction of sp³-hybridized carbons (Fsp3) is 0.778. The van der Waals surface area contributed by atoms with Crippen molar-refractivity contribution in [2.75, 3.05) is 33.9 Å². The van der Waals surface area contributed by atoms with Gasteiger partial charge in [0.05, 0.1) is 19.8 Å². The van der Waals surface area contributed by atoms with Gasteiger partial charge in [-0.05, 0) is 6.42 Å². The molecule has 0 aromatic carbocycles. The number of amides is 2. The lowest BCUT2D eigenvalue weighted by atomic mass is 10.3. The highest BCUT2D eigenvalue weighted by molar-refractivity contribution is 5.80. The molecule has 15 heavy (non-hydrogen) atoms. The molecule has 0 aromatic rings. The number of esters is 1. The summed E-state index contributed by atoms with van der Waals surface area (Å²) in [6, 6.07) is -0.228. The Hall–Kier alpha value is -1.30. The Bertz CT molecular complexity index is 238. The first kappa shape index (κ1) is 11.8. The number of urea groups is 1. The van der Waals surface area contributed by atoms with E-state index >= 15 is 0 Å². The summed E-state index contributed by atoms with van der Waals surface area (Å²) in [5.74, 6) is -0.435. The van der Waals surface area contributed by atoms with Gasteiger partial charge in [0.15, 0.2) is 0 Å². The first-order valence-corrected chi connectivity index (χ1v) is 4.79. The summed E-state index contributed by atoms with van der Waals surface area (Å²) < 4.78 is 9.57. The largest absolute Gasteiger partial charge is 0.468 e. The minimum absolute atomic E-state index is 0.0457. The van der Waals surface area contributed by atoms with Crippen molar-refractivity contribution >= 4 is 12.0 Å². The Labute approximate surface area is 88.5 Å². The van der Waals surface area contributed by atoms with Crippen molar-refractivity contribution in [3.63, 3.8) is 0 Å². The molecule has 6 heteroatoms. The number of hydrogen-bond donors (Lipinski definition) is 1. The average molecular weight is 216 g/mol. The number of carbonyl (C=O) groups excluding carboxylic acids is 2. The highest BCUT2D eigenvalue weighted by atomic mass is 16.5. The lowest BCUT2D eigenvalue weighted by Gasteiger charge is -2.19. The number of ether oxygens (including phenoxy) is 2. The second-order valence-corrected chi connectivity index (χ2v) is 3.44. The molecular formula is C9H16N2O4. The summed E-state index contributed by atoms with van der Waals surface area (Å²) in [6.45, 7) is 1.17. The monoisotopic (exact) mass is 216 g/mol. The molecule has 0 saturated carbocycles. The second kappa shape index (κ2) is 5.55. The van der Waals surface area contributed by atoms with E-state index in [1.807, 2.05) is 0 Å². The van der Waals surface area contributed by atoms with E-state index in [-0.39, 0.29) is 18.6 Å². The molecule has 1 atom stereocenters. The molecule has 0 spiro atoms. The number of rotatable bonds is 3. The molecule has 86 valence electrons. The Balaban J connectivity index is 2.28. The van der Waals surface area contributed by atoms with Crippen LogP contribution in [0.1, 0.15) is 6.42 Å². The third-order valence-electron chi connectivity index (χ3n) is 2.20. The van der Waals surface area contributed by atoms with Crippen LogP contribution in [0.3, 0.4) is 0 Å². The first-order valence-electron chi connectivity index (χ1n) is 4.79. The number of nitrogens with zero attached hydrogens (tertiary/aromatic N) is 1. The SMILES string of the molecule is COC(=O)CN(C)C(=O)NC1CCOC1. The summed E-state index contributed by atoms with van der Waals surface area (Å²) in [4.78, 5) is 23.7. The Morgan fingerprint density at radius 3 is 2.87 bits per heavy atom. The van der Waals surface area contributed by atoms with Gasteiger partial charge in [-0.15, -0.1) is 0 Å². The summed E-state index contributed by atoms with van der Waals surface area (Å²) in [7, 11) is 2.83. The van der Waals surface area contributed by atoms with Crippen LogP contribution in [-0.4, -0.2) is 56.9 Å². The van der Waals surface area contributed by atoms with E-state index in [4.69, 9.17) is 4.74 Å². The van der Waals surface area contributed by atoms with Gasteiger partial charge in [0, 0.05) is 13.7 Å². The maximum Gasteiger partial charge on any atom is 0.325 e. The van der Waals surface area contributed by atoms with Crippen molar-refractivity contribution < 1.29 is 19.1 Å². The molecule has 1 aliphatic heterocycles. The van der Waals surface area contributed by atoms with E-state index in [2.05, 4.69) is 10.1 Å². The van der Waals surface area contributed by atoms with Crippen molar-refractivity contribution in [1.82, 2.24) is 10.2 Å². The molecule has 1 heterocycles. The minimum atomic E-state index is -0.435. The molecule has 0 radical (unpaired) electrons. The summed E-state index contributed by atoms with van der Waals surface area (Å²) in [5, 5.41) is 2.76. The molecule has 0 bridgehead atoms. The number of nitrogens with one attached hydrogen (secondary N) is 1. The van der Waals surface area contributed by atoms with Crippen LogP contribution in [0.5, 0.6) is 0 Å². The van der Waals surface area contributed by atoms with Crippen molar-refractivity contribution in [2.24, 2.45) is 0 Å². The maximum absolute atomic E-state index is 11.5. The van der Waals surface area contributed by atoms with Gasteiger partial charge < -0.3 is 19.7 Å². The van der Waals surface area contributed by atoms with Crippen LogP contribution in [0.4, 0.5) is 4.79 Å². The van der Waals surface area contributed by atoms with E-state index < -0.39 is 5.97 Å². The molecule has 0 aromatic heterocycles. The van der Waals surface area contributed by atoms with Gasteiger partial charge in [-0.25, -0.2) is 4.79 Å².